The van der Waals surface area contributed by atoms with Crippen LogP contribution in [0.1, 0.15) is 39.8 Å². The first kappa shape index (κ1) is 14.8. The van der Waals surface area contributed by atoms with Crippen LogP contribution in [0.25, 0.3) is 119 Å². The largest absolute Gasteiger partial charge is 0.456 e. The van der Waals surface area contributed by atoms with Crippen LogP contribution in [0.15, 0.2) is 180 Å². The van der Waals surface area contributed by atoms with Gasteiger partial charge in [0, 0.05) is 73.4 Å². The molecule has 0 spiro atoms. The molecular weight excluding hydrogens is 735 g/mol. The van der Waals surface area contributed by atoms with E-state index in [2.05, 4.69) is 15.0 Å². The number of thiophene rings is 2. The Hall–Kier alpha value is -6.99. The summed E-state index contributed by atoms with van der Waals surface area (Å²) in [4.78, 5) is 13.0. The average Bonchev–Trinajstić information content (AvgIpc) is 1.49. The normalized spacial score (nSPS) is 19.0. The smallest absolute Gasteiger partial charge is 0.164 e. The molecule has 0 amide bonds. The van der Waals surface area contributed by atoms with Crippen LogP contribution in [0.3, 0.4) is 0 Å². The van der Waals surface area contributed by atoms with Gasteiger partial charge >= 0.3 is 0 Å². The molecule has 0 atom stereocenters. The van der Waals surface area contributed by atoms with Gasteiger partial charge in [0.1, 0.15) is 11.2 Å². The molecule has 0 bridgehead atoms. The average molecular weight is 793 g/mol. The van der Waals surface area contributed by atoms with E-state index < -0.39 is 254 Å². The summed E-state index contributed by atoms with van der Waals surface area (Å²) in [7, 11) is 0. The Balaban J connectivity index is 1.26. The molecule has 0 fully saturated rings. The third kappa shape index (κ3) is 5.22. The van der Waals surface area contributed by atoms with E-state index in [0.717, 1.165) is 0 Å². The number of furan rings is 1. The Bertz CT molecular complexity index is 5100. The van der Waals surface area contributed by atoms with E-state index >= 15 is 0 Å². The molecule has 0 aliphatic rings. The van der Waals surface area contributed by atoms with Crippen LogP contribution in [0.2, 0.25) is 0 Å². The number of para-hydroxylation sites is 1. The van der Waals surface area contributed by atoms with Gasteiger partial charge in [0.05, 0.1) is 39.8 Å². The zero-order valence-electron chi connectivity index (χ0n) is 57.1. The van der Waals surface area contributed by atoms with Crippen LogP contribution >= 0.6 is 22.7 Å². The predicted octanol–water partition coefficient (Wildman–Crippen LogP) is 14.8. The first-order chi connectivity index (χ1) is 40.3. The van der Waals surface area contributed by atoms with E-state index in [1.54, 1.807) is 0 Å². The molecule has 57 heavy (non-hydrogen) atoms. The predicted molar refractivity (Wildman–Crippen MR) is 240 cm³/mol. The highest BCUT2D eigenvalue weighted by molar-refractivity contribution is 7.27. The van der Waals surface area contributed by atoms with Gasteiger partial charge in [-0.3, -0.25) is 0 Å². The Kier molecular flexibility index (Phi) is 3.32. The van der Waals surface area contributed by atoms with Crippen LogP contribution in [-0.4, -0.2) is 15.0 Å². The summed E-state index contributed by atoms with van der Waals surface area (Å²) in [5.74, 6) is -2.30. The lowest BCUT2D eigenvalue weighted by Crippen LogP contribution is -1.99. The van der Waals surface area contributed by atoms with Crippen molar-refractivity contribution in [3.8, 4) is 56.4 Å². The number of rotatable bonds is 5. The highest BCUT2D eigenvalue weighted by atomic mass is 32.1. The quantitative estimate of drug-likeness (QED) is 0.174. The second kappa shape index (κ2) is 12.8. The lowest BCUT2D eigenvalue weighted by Gasteiger charge is -2.11. The topological polar surface area (TPSA) is 51.8 Å². The molecule has 0 unspecified atom stereocenters. The molecule has 4 nitrogen and oxygen atoms in total. The molecule has 12 rings (SSSR count). The molecule has 266 valence electrons. The van der Waals surface area contributed by atoms with Gasteiger partial charge in [-0.1, -0.05) is 139 Å². The van der Waals surface area contributed by atoms with Gasteiger partial charge in [-0.05, 0) is 52.9 Å². The first-order valence-electron chi connectivity index (χ1n) is 31.1. The van der Waals surface area contributed by atoms with Crippen molar-refractivity contribution in [3.05, 3.63) is 175 Å². The minimum Gasteiger partial charge on any atom is -0.456 e. The fourth-order valence-electron chi connectivity index (χ4n) is 6.48. The molecule has 12 aromatic rings. The summed E-state index contributed by atoms with van der Waals surface area (Å²) >= 11 is 1.17. The van der Waals surface area contributed by atoms with Gasteiger partial charge < -0.3 is 4.42 Å². The molecule has 0 radical (unpaired) electrons. The maximum Gasteiger partial charge on any atom is 0.164 e. The van der Waals surface area contributed by atoms with Crippen LogP contribution in [0.4, 0.5) is 0 Å². The van der Waals surface area contributed by atoms with Crippen molar-refractivity contribution in [2.45, 2.75) is 0 Å². The van der Waals surface area contributed by atoms with E-state index in [4.69, 9.17) is 30.5 Å². The van der Waals surface area contributed by atoms with Gasteiger partial charge in [-0.2, -0.15) is 0 Å². The highest BCUT2D eigenvalue weighted by Crippen LogP contribution is 2.48. The minimum atomic E-state index is -0.902. The number of nitrogens with zero attached hydrogens (tertiary/aromatic N) is 3. The zero-order chi connectivity index (χ0) is 62.7. The molecule has 6 heteroatoms. The fourth-order valence-corrected chi connectivity index (χ4v) is 8.62. The molecular formula is C51H29N3OS2. The summed E-state index contributed by atoms with van der Waals surface area (Å²) in [6.07, 6.45) is 0. The molecule has 0 aliphatic heterocycles. The minimum absolute atomic E-state index is 0.185. The molecule has 0 saturated heterocycles. The molecule has 0 aliphatic carbocycles. The van der Waals surface area contributed by atoms with Crippen LogP contribution < -0.4 is 0 Å². The van der Waals surface area contributed by atoms with E-state index in [1.807, 2.05) is 0 Å². The monoisotopic (exact) mass is 792 g/mol. The van der Waals surface area contributed by atoms with E-state index in [9.17, 15) is 13.7 Å². The molecule has 8 aromatic carbocycles. The van der Waals surface area contributed by atoms with Crippen molar-refractivity contribution in [2.24, 2.45) is 0 Å². The molecule has 4 heterocycles. The first-order valence-corrected chi connectivity index (χ1v) is 18.2. The van der Waals surface area contributed by atoms with Gasteiger partial charge in [-0.25, -0.2) is 15.0 Å². The van der Waals surface area contributed by atoms with Crippen molar-refractivity contribution in [2.75, 3.05) is 0 Å². The summed E-state index contributed by atoms with van der Waals surface area (Å²) in [6.45, 7) is 0. The molecule has 0 N–H and O–H groups in total. The van der Waals surface area contributed by atoms with Crippen LogP contribution in [0.5, 0.6) is 0 Å². The Morgan fingerprint density at radius 1 is 0.368 bits per heavy atom. The second-order valence-electron chi connectivity index (χ2n) is 12.1. The Morgan fingerprint density at radius 2 is 0.982 bits per heavy atom. The van der Waals surface area contributed by atoms with E-state index in [0.29, 0.717) is 22.7 Å². The van der Waals surface area contributed by atoms with Gasteiger partial charge in [0.25, 0.3) is 0 Å². The number of hydrogen-bond acceptors (Lipinski definition) is 6. The van der Waals surface area contributed by atoms with Crippen LogP contribution in [0, 0.1) is 0 Å². The number of benzene rings is 8. The zero-order valence-corrected chi connectivity index (χ0v) is 29.7. The van der Waals surface area contributed by atoms with E-state index in [-0.39, 0.29) is 40.3 Å². The van der Waals surface area contributed by atoms with Crippen molar-refractivity contribution in [1.82, 2.24) is 15.0 Å². The summed E-state index contributed by atoms with van der Waals surface area (Å²) in [6, 6.07) is -23.3. The van der Waals surface area contributed by atoms with Gasteiger partial charge in [0.15, 0.2) is 17.5 Å². The van der Waals surface area contributed by atoms with Crippen molar-refractivity contribution in [1.29, 1.82) is 0 Å². The second-order valence-corrected chi connectivity index (χ2v) is 14.1. The van der Waals surface area contributed by atoms with Gasteiger partial charge in [-0.15, -0.1) is 22.7 Å². The summed E-state index contributed by atoms with van der Waals surface area (Å²) in [5.41, 5.74) is -5.27. The maximum absolute atomic E-state index is 10.3. The summed E-state index contributed by atoms with van der Waals surface area (Å²) < 4.78 is 265. The Labute approximate surface area is 375 Å². The number of aromatic nitrogens is 3. The summed E-state index contributed by atoms with van der Waals surface area (Å²) in [5, 5.41) is -2.18. The SMILES string of the molecule is [2H]c1c([2H])c([2H])c(-c2nc(-c3c([2H])c([2H])c([2H])c([2H])c3[2H])nc(-c3c([2H])c([2H])c4c(sc5c(-c6c([2H])c(-c7c([2H])c([2H])c([2H])c8oc9c([2H])c([2H])c([2H])c([2H])c9c78)c([2H])c7sc8c([2H])c([2H])c([2H])c([2H])c8c67)c([2H])c([2H])c([2H])c54)c3[2H])n2)c([2H])c1[2H]. The van der Waals surface area contributed by atoms with Crippen LogP contribution in [-0.2, 0) is 0 Å². The molecule has 4 aromatic heterocycles. The Morgan fingerprint density at radius 3 is 1.77 bits per heavy atom. The number of hydrogen-bond donors (Lipinski definition) is 0. The van der Waals surface area contributed by atoms with Gasteiger partial charge in [0.2, 0.25) is 0 Å². The maximum atomic E-state index is 10.3. The van der Waals surface area contributed by atoms with Crippen molar-refractivity contribution in [3.63, 3.8) is 0 Å². The number of fused-ring (bicyclic) bond motifs is 9. The third-order valence-electron chi connectivity index (χ3n) is 8.89. The van der Waals surface area contributed by atoms with Crippen molar-refractivity contribution < 1.29 is 44.2 Å². The fraction of sp³-hybridized carbons (Fsp3) is 0. The lowest BCUT2D eigenvalue weighted by atomic mass is 9.92. The lowest BCUT2D eigenvalue weighted by molar-refractivity contribution is 0.669. The van der Waals surface area contributed by atoms with E-state index in [1.165, 1.54) is 0 Å². The molecule has 0 saturated carbocycles. The van der Waals surface area contributed by atoms with Crippen molar-refractivity contribution >= 4 is 85.0 Å². The third-order valence-corrected chi connectivity index (χ3v) is 11.0. The highest BCUT2D eigenvalue weighted by Gasteiger charge is 2.20. The standard InChI is InChI=1S/C51H29N3OS2/c1-3-13-30(14-4-1)49-52-50(31-15-5-2-6-16-31)54-51(53-49)32-25-26-35-36-20-11-21-37(48(36)57-44(35)28-32)40-27-33(29-45-47(40)39-18-8-10-24-43(39)56-45)34-19-12-23-42-46(34)38-17-7-9-22-41(38)55-42/h1-29H/i1D,2D,3D,4D,5D,6D,7D,8D,9D,10D,11D,12D,13D,14D,15D,16D,17D,18D,19D,20D,21D,22D,23D,24D,25D,26D,27D,28D,29D.